The zero-order chi connectivity index (χ0) is 11.0. The van der Waals surface area contributed by atoms with Crippen LogP contribution in [0.2, 0.25) is 0 Å². The normalized spacial score (nSPS) is 13.9. The third-order valence-corrected chi connectivity index (χ3v) is 2.21. The summed E-state index contributed by atoms with van der Waals surface area (Å²) < 4.78 is 0. The molecule has 0 aliphatic heterocycles. The lowest BCUT2D eigenvalue weighted by atomic mass is 10.2. The molecule has 3 heteroatoms. The highest BCUT2D eigenvalue weighted by atomic mass is 16.3. The predicted molar refractivity (Wildman–Crippen MR) is 61.6 cm³/mol. The molecule has 0 aromatic heterocycles. The summed E-state index contributed by atoms with van der Waals surface area (Å²) in [7, 11) is 2.11. The van der Waals surface area contributed by atoms with Crippen molar-refractivity contribution in [2.24, 2.45) is 0 Å². The average Bonchev–Trinajstić information content (AvgIpc) is 2.12. The molecular weight excluding hydrogens is 176 g/mol. The molecule has 1 unspecified atom stereocenters. The first kappa shape index (κ1) is 13.9. The van der Waals surface area contributed by atoms with Gasteiger partial charge >= 0.3 is 0 Å². The number of likely N-dealkylation sites (N-methyl/N-ethyl adjacent to an activating group) is 1. The van der Waals surface area contributed by atoms with Gasteiger partial charge in [-0.3, -0.25) is 0 Å². The van der Waals surface area contributed by atoms with Crippen LogP contribution in [0.1, 0.15) is 33.6 Å². The smallest absolute Gasteiger partial charge is 0.0597 e. The van der Waals surface area contributed by atoms with E-state index in [1.807, 2.05) is 0 Å². The van der Waals surface area contributed by atoms with Gasteiger partial charge in [0.05, 0.1) is 6.61 Å². The van der Waals surface area contributed by atoms with Gasteiger partial charge in [-0.15, -0.1) is 0 Å². The van der Waals surface area contributed by atoms with Gasteiger partial charge in [-0.2, -0.15) is 0 Å². The molecule has 0 radical (unpaired) electrons. The van der Waals surface area contributed by atoms with E-state index < -0.39 is 0 Å². The monoisotopic (exact) mass is 202 g/mol. The van der Waals surface area contributed by atoms with Gasteiger partial charge in [0.15, 0.2) is 0 Å². The molecular formula is C11H26N2O. The zero-order valence-electron chi connectivity index (χ0n) is 10.1. The number of hydrogen-bond donors (Lipinski definition) is 2. The van der Waals surface area contributed by atoms with Crippen molar-refractivity contribution in [3.63, 3.8) is 0 Å². The molecule has 0 aromatic carbocycles. The van der Waals surface area contributed by atoms with Gasteiger partial charge in [-0.1, -0.05) is 27.2 Å². The number of hydrogen-bond acceptors (Lipinski definition) is 3. The fraction of sp³-hybridized carbons (Fsp3) is 1.00. The first-order chi connectivity index (χ1) is 6.60. The molecule has 1 atom stereocenters. The number of aliphatic hydroxyl groups is 1. The van der Waals surface area contributed by atoms with Crippen molar-refractivity contribution in [1.29, 1.82) is 0 Å². The van der Waals surface area contributed by atoms with Gasteiger partial charge in [0, 0.05) is 18.6 Å². The van der Waals surface area contributed by atoms with Crippen LogP contribution in [0.4, 0.5) is 0 Å². The molecule has 0 aliphatic rings. The van der Waals surface area contributed by atoms with Crippen LogP contribution in [0.5, 0.6) is 0 Å². The fourth-order valence-corrected chi connectivity index (χ4v) is 1.53. The number of rotatable bonds is 8. The second-order valence-corrected chi connectivity index (χ2v) is 4.32. The second kappa shape index (κ2) is 8.21. The van der Waals surface area contributed by atoms with E-state index in [2.05, 4.69) is 38.0 Å². The molecule has 0 saturated carbocycles. The molecule has 0 rings (SSSR count). The Kier molecular flexibility index (Phi) is 8.14. The zero-order valence-corrected chi connectivity index (χ0v) is 10.1. The van der Waals surface area contributed by atoms with Crippen LogP contribution in [0, 0.1) is 0 Å². The average molecular weight is 202 g/mol. The van der Waals surface area contributed by atoms with E-state index >= 15 is 0 Å². The molecule has 14 heavy (non-hydrogen) atoms. The summed E-state index contributed by atoms with van der Waals surface area (Å²) in [6.45, 7) is 8.67. The van der Waals surface area contributed by atoms with E-state index in [0.29, 0.717) is 6.04 Å². The Balaban J connectivity index is 3.68. The van der Waals surface area contributed by atoms with Crippen molar-refractivity contribution >= 4 is 0 Å². The SMILES string of the molecule is CCCCN(C)CC(CO)NC(C)C. The Morgan fingerprint density at radius 2 is 2.00 bits per heavy atom. The lowest BCUT2D eigenvalue weighted by molar-refractivity contribution is 0.191. The Morgan fingerprint density at radius 3 is 2.43 bits per heavy atom. The Bertz CT molecular complexity index is 128. The maximum absolute atomic E-state index is 9.16. The van der Waals surface area contributed by atoms with E-state index in [4.69, 9.17) is 5.11 Å². The van der Waals surface area contributed by atoms with Crippen molar-refractivity contribution in [3.05, 3.63) is 0 Å². The van der Waals surface area contributed by atoms with Crippen LogP contribution in [-0.2, 0) is 0 Å². The molecule has 2 N–H and O–H groups in total. The van der Waals surface area contributed by atoms with Crippen molar-refractivity contribution < 1.29 is 5.11 Å². The molecule has 0 heterocycles. The number of aliphatic hydroxyl groups excluding tert-OH is 1. The number of nitrogens with one attached hydrogen (secondary N) is 1. The molecule has 0 amide bonds. The van der Waals surface area contributed by atoms with Crippen LogP contribution in [0.3, 0.4) is 0 Å². The molecule has 0 saturated heterocycles. The van der Waals surface area contributed by atoms with Crippen LogP contribution in [-0.4, -0.2) is 48.8 Å². The van der Waals surface area contributed by atoms with Gasteiger partial charge in [0.1, 0.15) is 0 Å². The third kappa shape index (κ3) is 7.30. The molecule has 86 valence electrons. The lowest BCUT2D eigenvalue weighted by Crippen LogP contribution is -2.45. The highest BCUT2D eigenvalue weighted by Gasteiger charge is 2.10. The van der Waals surface area contributed by atoms with E-state index in [1.54, 1.807) is 0 Å². The molecule has 0 fully saturated rings. The van der Waals surface area contributed by atoms with E-state index in [-0.39, 0.29) is 12.6 Å². The Labute approximate surface area is 88.5 Å². The van der Waals surface area contributed by atoms with E-state index in [1.165, 1.54) is 12.8 Å². The molecule has 0 aromatic rings. The standard InChI is InChI=1S/C11H26N2O/c1-5-6-7-13(4)8-11(9-14)12-10(2)3/h10-12,14H,5-9H2,1-4H3. The molecule has 3 nitrogen and oxygen atoms in total. The highest BCUT2D eigenvalue weighted by molar-refractivity contribution is 4.71. The lowest BCUT2D eigenvalue weighted by Gasteiger charge is -2.25. The molecule has 0 bridgehead atoms. The van der Waals surface area contributed by atoms with Crippen LogP contribution in [0.15, 0.2) is 0 Å². The third-order valence-electron chi connectivity index (χ3n) is 2.21. The highest BCUT2D eigenvalue weighted by Crippen LogP contribution is 1.95. The minimum atomic E-state index is 0.205. The van der Waals surface area contributed by atoms with Crippen molar-refractivity contribution in [2.75, 3.05) is 26.7 Å². The summed E-state index contributed by atoms with van der Waals surface area (Å²) in [5.41, 5.74) is 0. The first-order valence-corrected chi connectivity index (χ1v) is 5.65. The van der Waals surface area contributed by atoms with Gasteiger partial charge in [0.25, 0.3) is 0 Å². The summed E-state index contributed by atoms with van der Waals surface area (Å²) in [5, 5.41) is 12.5. The van der Waals surface area contributed by atoms with E-state index in [0.717, 1.165) is 13.1 Å². The van der Waals surface area contributed by atoms with Gasteiger partial charge < -0.3 is 15.3 Å². The number of nitrogens with zero attached hydrogens (tertiary/aromatic N) is 1. The van der Waals surface area contributed by atoms with E-state index in [9.17, 15) is 0 Å². The quantitative estimate of drug-likeness (QED) is 0.618. The summed E-state index contributed by atoms with van der Waals surface area (Å²) in [5.74, 6) is 0. The Morgan fingerprint density at radius 1 is 1.36 bits per heavy atom. The first-order valence-electron chi connectivity index (χ1n) is 5.65. The predicted octanol–water partition coefficient (Wildman–Crippen LogP) is 1.08. The minimum absolute atomic E-state index is 0.205. The summed E-state index contributed by atoms with van der Waals surface area (Å²) in [4.78, 5) is 2.28. The van der Waals surface area contributed by atoms with Crippen molar-refractivity contribution in [3.8, 4) is 0 Å². The van der Waals surface area contributed by atoms with Gasteiger partial charge in [0.2, 0.25) is 0 Å². The Hall–Kier alpha value is -0.120. The summed E-state index contributed by atoms with van der Waals surface area (Å²) in [6.07, 6.45) is 2.46. The second-order valence-electron chi connectivity index (χ2n) is 4.32. The molecule has 0 spiro atoms. The topological polar surface area (TPSA) is 35.5 Å². The minimum Gasteiger partial charge on any atom is -0.395 e. The molecule has 0 aliphatic carbocycles. The maximum Gasteiger partial charge on any atom is 0.0597 e. The van der Waals surface area contributed by atoms with Gasteiger partial charge in [-0.25, -0.2) is 0 Å². The largest absolute Gasteiger partial charge is 0.395 e. The van der Waals surface area contributed by atoms with Crippen LogP contribution < -0.4 is 5.32 Å². The maximum atomic E-state index is 9.16. The fourth-order valence-electron chi connectivity index (χ4n) is 1.53. The van der Waals surface area contributed by atoms with Crippen molar-refractivity contribution in [2.45, 2.75) is 45.7 Å². The van der Waals surface area contributed by atoms with Crippen LogP contribution in [0.25, 0.3) is 0 Å². The van der Waals surface area contributed by atoms with Crippen LogP contribution >= 0.6 is 0 Å². The summed E-state index contributed by atoms with van der Waals surface area (Å²) in [6, 6.07) is 0.642. The summed E-state index contributed by atoms with van der Waals surface area (Å²) >= 11 is 0. The van der Waals surface area contributed by atoms with Gasteiger partial charge in [-0.05, 0) is 20.0 Å². The van der Waals surface area contributed by atoms with Crippen molar-refractivity contribution in [1.82, 2.24) is 10.2 Å². The number of unbranched alkanes of at least 4 members (excludes halogenated alkanes) is 1.